The molecule has 1 atom stereocenters. The monoisotopic (exact) mass is 180 g/mol. The van der Waals surface area contributed by atoms with Crippen molar-refractivity contribution in [2.45, 2.75) is 26.9 Å². The summed E-state index contributed by atoms with van der Waals surface area (Å²) in [7, 11) is 0. The van der Waals surface area contributed by atoms with Crippen LogP contribution >= 0.6 is 0 Å². The van der Waals surface area contributed by atoms with Gasteiger partial charge in [0.1, 0.15) is 11.9 Å². The molecule has 0 saturated heterocycles. The smallest absolute Gasteiger partial charge is 0.120 e. The van der Waals surface area contributed by atoms with Crippen LogP contribution in [0.15, 0.2) is 18.2 Å². The molecule has 0 aromatic heterocycles. The topological polar surface area (TPSA) is 29.5 Å². The average molecular weight is 180 g/mol. The van der Waals surface area contributed by atoms with E-state index >= 15 is 0 Å². The molecule has 0 radical (unpaired) electrons. The predicted octanol–water partition coefficient (Wildman–Crippen LogP) is 2.06. The minimum Gasteiger partial charge on any atom is -0.488 e. The summed E-state index contributed by atoms with van der Waals surface area (Å²) in [5.41, 5.74) is 2.46. The Morgan fingerprint density at radius 1 is 1.31 bits per heavy atom. The highest BCUT2D eigenvalue weighted by Crippen LogP contribution is 2.17. The van der Waals surface area contributed by atoms with Crippen LogP contribution in [-0.4, -0.2) is 17.8 Å². The lowest BCUT2D eigenvalue weighted by atomic mass is 10.1. The highest BCUT2D eigenvalue weighted by molar-refractivity contribution is 5.33. The Bertz CT molecular complexity index is 281. The Hall–Kier alpha value is -1.02. The lowest BCUT2D eigenvalue weighted by Crippen LogP contribution is -2.16. The molecule has 1 rings (SSSR count). The summed E-state index contributed by atoms with van der Waals surface area (Å²) in [6.07, 6.45) is -0.137. The van der Waals surface area contributed by atoms with Crippen molar-refractivity contribution < 1.29 is 9.84 Å². The first-order chi connectivity index (χ1) is 6.13. The second kappa shape index (κ2) is 4.28. The van der Waals surface area contributed by atoms with Gasteiger partial charge >= 0.3 is 0 Å². The number of aliphatic hydroxyl groups is 1. The van der Waals surface area contributed by atoms with Crippen molar-refractivity contribution in [3.05, 3.63) is 29.3 Å². The van der Waals surface area contributed by atoms with Crippen LogP contribution in [0.3, 0.4) is 0 Å². The van der Waals surface area contributed by atoms with E-state index in [1.165, 1.54) is 11.1 Å². The van der Waals surface area contributed by atoms with E-state index in [1.807, 2.05) is 32.0 Å². The lowest BCUT2D eigenvalue weighted by molar-refractivity contribution is 0.129. The van der Waals surface area contributed by atoms with Crippen molar-refractivity contribution in [3.63, 3.8) is 0 Å². The first kappa shape index (κ1) is 10.1. The number of benzene rings is 1. The van der Waals surface area contributed by atoms with Crippen LogP contribution in [0.4, 0.5) is 0 Å². The molecule has 1 N–H and O–H groups in total. The Balaban J connectivity index is 2.73. The number of aliphatic hydroxyl groups excluding tert-OH is 1. The van der Waals surface area contributed by atoms with Crippen LogP contribution in [0.2, 0.25) is 0 Å². The minimum absolute atomic E-state index is 0.0485. The van der Waals surface area contributed by atoms with Crippen LogP contribution in [-0.2, 0) is 0 Å². The van der Waals surface area contributed by atoms with Gasteiger partial charge in [-0.05, 0) is 44.0 Å². The van der Waals surface area contributed by atoms with Crippen molar-refractivity contribution in [2.75, 3.05) is 6.61 Å². The summed E-state index contributed by atoms with van der Waals surface area (Å²) >= 11 is 0. The summed E-state index contributed by atoms with van der Waals surface area (Å²) in [5.74, 6) is 0.824. The van der Waals surface area contributed by atoms with Crippen molar-refractivity contribution in [1.29, 1.82) is 0 Å². The fourth-order valence-electron chi connectivity index (χ4n) is 1.06. The van der Waals surface area contributed by atoms with Gasteiger partial charge in [-0.1, -0.05) is 6.07 Å². The highest BCUT2D eigenvalue weighted by Gasteiger charge is 2.02. The SMILES string of the molecule is Cc1ccc(OC(C)CO)cc1C. The molecule has 0 bridgehead atoms. The van der Waals surface area contributed by atoms with Crippen LogP contribution in [0.1, 0.15) is 18.1 Å². The molecule has 2 heteroatoms. The molecule has 0 amide bonds. The minimum atomic E-state index is -0.137. The van der Waals surface area contributed by atoms with E-state index in [0.29, 0.717) is 0 Å². The molecule has 2 nitrogen and oxygen atoms in total. The molecule has 0 fully saturated rings. The zero-order valence-electron chi connectivity index (χ0n) is 8.37. The molecule has 0 saturated carbocycles. The second-order valence-corrected chi connectivity index (χ2v) is 3.36. The van der Waals surface area contributed by atoms with Gasteiger partial charge in [0.15, 0.2) is 0 Å². The first-order valence-corrected chi connectivity index (χ1v) is 4.48. The summed E-state index contributed by atoms with van der Waals surface area (Å²) in [4.78, 5) is 0. The van der Waals surface area contributed by atoms with Crippen molar-refractivity contribution in [3.8, 4) is 5.75 Å². The van der Waals surface area contributed by atoms with E-state index in [0.717, 1.165) is 5.75 Å². The van der Waals surface area contributed by atoms with Gasteiger partial charge < -0.3 is 9.84 Å². The van der Waals surface area contributed by atoms with Gasteiger partial charge in [0.2, 0.25) is 0 Å². The van der Waals surface area contributed by atoms with Gasteiger partial charge in [-0.15, -0.1) is 0 Å². The quantitative estimate of drug-likeness (QED) is 0.771. The Morgan fingerprint density at radius 2 is 2.00 bits per heavy atom. The third-order valence-electron chi connectivity index (χ3n) is 2.07. The third-order valence-corrected chi connectivity index (χ3v) is 2.07. The Labute approximate surface area is 79.2 Å². The number of hydrogen-bond acceptors (Lipinski definition) is 2. The van der Waals surface area contributed by atoms with Gasteiger partial charge in [0.25, 0.3) is 0 Å². The first-order valence-electron chi connectivity index (χ1n) is 4.48. The summed E-state index contributed by atoms with van der Waals surface area (Å²) in [6, 6.07) is 5.94. The molecule has 0 aliphatic rings. The summed E-state index contributed by atoms with van der Waals surface area (Å²) in [6.45, 7) is 6.00. The number of hydrogen-bond donors (Lipinski definition) is 1. The van der Waals surface area contributed by atoms with Crippen LogP contribution in [0.5, 0.6) is 5.75 Å². The van der Waals surface area contributed by atoms with Crippen molar-refractivity contribution in [1.82, 2.24) is 0 Å². The highest BCUT2D eigenvalue weighted by atomic mass is 16.5. The van der Waals surface area contributed by atoms with E-state index in [-0.39, 0.29) is 12.7 Å². The van der Waals surface area contributed by atoms with Crippen LogP contribution in [0, 0.1) is 13.8 Å². The van der Waals surface area contributed by atoms with E-state index in [2.05, 4.69) is 6.92 Å². The Morgan fingerprint density at radius 3 is 2.54 bits per heavy atom. The molecular weight excluding hydrogens is 164 g/mol. The van der Waals surface area contributed by atoms with E-state index in [9.17, 15) is 0 Å². The predicted molar refractivity (Wildman–Crippen MR) is 53.1 cm³/mol. The van der Waals surface area contributed by atoms with Gasteiger partial charge in [-0.3, -0.25) is 0 Å². The second-order valence-electron chi connectivity index (χ2n) is 3.36. The van der Waals surface area contributed by atoms with E-state index < -0.39 is 0 Å². The molecule has 1 aromatic carbocycles. The van der Waals surface area contributed by atoms with E-state index in [4.69, 9.17) is 9.84 Å². The van der Waals surface area contributed by atoms with Gasteiger partial charge in [-0.2, -0.15) is 0 Å². The zero-order chi connectivity index (χ0) is 9.84. The standard InChI is InChI=1S/C11H16O2/c1-8-4-5-11(6-9(8)2)13-10(3)7-12/h4-6,10,12H,7H2,1-3H3. The van der Waals surface area contributed by atoms with Gasteiger partial charge in [0.05, 0.1) is 6.61 Å². The number of rotatable bonds is 3. The van der Waals surface area contributed by atoms with Crippen molar-refractivity contribution >= 4 is 0 Å². The molecule has 72 valence electrons. The number of ether oxygens (including phenoxy) is 1. The number of aryl methyl sites for hydroxylation is 2. The van der Waals surface area contributed by atoms with Crippen LogP contribution < -0.4 is 4.74 Å². The maximum atomic E-state index is 8.79. The lowest BCUT2D eigenvalue weighted by Gasteiger charge is -2.12. The fraction of sp³-hybridized carbons (Fsp3) is 0.455. The zero-order valence-corrected chi connectivity index (χ0v) is 8.37. The molecule has 0 aliphatic heterocycles. The van der Waals surface area contributed by atoms with Crippen LogP contribution in [0.25, 0.3) is 0 Å². The van der Waals surface area contributed by atoms with E-state index in [1.54, 1.807) is 0 Å². The average Bonchev–Trinajstić information content (AvgIpc) is 2.11. The maximum absolute atomic E-state index is 8.79. The van der Waals surface area contributed by atoms with Crippen molar-refractivity contribution in [2.24, 2.45) is 0 Å². The van der Waals surface area contributed by atoms with Gasteiger partial charge in [0, 0.05) is 0 Å². The molecule has 0 heterocycles. The third kappa shape index (κ3) is 2.74. The molecule has 0 aliphatic carbocycles. The molecule has 1 aromatic rings. The largest absolute Gasteiger partial charge is 0.488 e. The fourth-order valence-corrected chi connectivity index (χ4v) is 1.06. The summed E-state index contributed by atoms with van der Waals surface area (Å²) < 4.78 is 5.45. The molecular formula is C11H16O2. The summed E-state index contributed by atoms with van der Waals surface area (Å²) in [5, 5.41) is 8.79. The molecule has 0 spiro atoms. The molecule has 13 heavy (non-hydrogen) atoms. The maximum Gasteiger partial charge on any atom is 0.120 e. The molecule has 1 unspecified atom stereocenters. The normalized spacial score (nSPS) is 12.6. The van der Waals surface area contributed by atoms with Gasteiger partial charge in [-0.25, -0.2) is 0 Å². The Kier molecular flexibility index (Phi) is 3.32.